The fourth-order valence-electron chi connectivity index (χ4n) is 2.17. The minimum atomic E-state index is -4.36. The quantitative estimate of drug-likeness (QED) is 0.849. The molecule has 0 bridgehead atoms. The van der Waals surface area contributed by atoms with E-state index in [1.807, 2.05) is 0 Å². The molecule has 0 aromatic heterocycles. The van der Waals surface area contributed by atoms with Crippen molar-refractivity contribution >= 4 is 11.5 Å². The number of carbonyl (C=O) groups is 1. The molecule has 1 heterocycles. The van der Waals surface area contributed by atoms with E-state index in [0.717, 1.165) is 12.1 Å². The molecule has 3 nitrogen and oxygen atoms in total. The van der Waals surface area contributed by atoms with Crippen LogP contribution in [0.1, 0.15) is 17.5 Å². The number of rotatable bonds is 2. The Hall–Kier alpha value is -1.82. The van der Waals surface area contributed by atoms with Crippen LogP contribution in [0, 0.1) is 0 Å². The van der Waals surface area contributed by atoms with Crippen molar-refractivity contribution in [2.45, 2.75) is 12.6 Å². The Labute approximate surface area is 114 Å². The molecule has 0 saturated heterocycles. The minimum absolute atomic E-state index is 0.429. The maximum Gasteiger partial charge on any atom is 0.416 e. The van der Waals surface area contributed by atoms with Crippen LogP contribution in [-0.2, 0) is 15.7 Å². The zero-order valence-corrected chi connectivity index (χ0v) is 10.9. The number of alkyl halides is 3. The number of halogens is 3. The van der Waals surface area contributed by atoms with E-state index < -0.39 is 17.7 Å². The summed E-state index contributed by atoms with van der Waals surface area (Å²) in [5.74, 6) is -0.429. The summed E-state index contributed by atoms with van der Waals surface area (Å²) in [6.07, 6.45) is -3.86. The maximum absolute atomic E-state index is 12.5. The van der Waals surface area contributed by atoms with Gasteiger partial charge in [0, 0.05) is 12.1 Å². The molecule has 0 saturated carbocycles. The number of methoxy groups -OCH3 is 1. The second-order valence-electron chi connectivity index (χ2n) is 4.45. The number of carbonyl (C=O) groups excluding carboxylic acids is 1. The molecule has 0 aliphatic carbocycles. The number of ether oxygens (including phenoxy) is 1. The van der Waals surface area contributed by atoms with E-state index in [1.165, 1.54) is 19.2 Å². The zero-order chi connectivity index (χ0) is 14.8. The predicted molar refractivity (Wildman–Crippen MR) is 67.9 cm³/mol. The molecule has 1 aliphatic heterocycles. The standard InChI is InChI=1S/C14H14F3NO2/c1-20-13(19)11-6-7-18-8-12(11)9-2-4-10(5-3-9)14(15,16)17/h2-5,18H,6-8H2,1H3. The van der Waals surface area contributed by atoms with E-state index in [0.29, 0.717) is 36.2 Å². The molecule has 0 radical (unpaired) electrons. The zero-order valence-electron chi connectivity index (χ0n) is 10.9. The summed E-state index contributed by atoms with van der Waals surface area (Å²) in [5.41, 5.74) is 1.11. The molecule has 1 aromatic carbocycles. The maximum atomic E-state index is 12.5. The normalized spacial score (nSPS) is 16.2. The van der Waals surface area contributed by atoms with Crippen LogP contribution in [0.25, 0.3) is 5.57 Å². The smallest absolute Gasteiger partial charge is 0.416 e. The Morgan fingerprint density at radius 1 is 1.25 bits per heavy atom. The van der Waals surface area contributed by atoms with Crippen molar-refractivity contribution in [2.75, 3.05) is 20.2 Å². The van der Waals surface area contributed by atoms with Crippen LogP contribution >= 0.6 is 0 Å². The molecule has 6 heteroatoms. The SMILES string of the molecule is COC(=O)C1=C(c2ccc(C(F)(F)F)cc2)CNCC1. The van der Waals surface area contributed by atoms with Gasteiger partial charge in [0.2, 0.25) is 0 Å². The van der Waals surface area contributed by atoms with Crippen molar-refractivity contribution in [3.63, 3.8) is 0 Å². The fourth-order valence-corrected chi connectivity index (χ4v) is 2.17. The first-order valence-corrected chi connectivity index (χ1v) is 6.12. The first kappa shape index (κ1) is 14.6. The lowest BCUT2D eigenvalue weighted by atomic mass is 9.94. The van der Waals surface area contributed by atoms with Crippen molar-refractivity contribution in [1.82, 2.24) is 5.32 Å². The summed E-state index contributed by atoms with van der Waals surface area (Å²) in [6, 6.07) is 4.81. The summed E-state index contributed by atoms with van der Waals surface area (Å²) in [5, 5.41) is 3.10. The second kappa shape index (κ2) is 5.66. The number of benzene rings is 1. The Balaban J connectivity index is 2.38. The van der Waals surface area contributed by atoms with Gasteiger partial charge in [-0.05, 0) is 36.2 Å². The third kappa shape index (κ3) is 3.01. The summed E-state index contributed by atoms with van der Waals surface area (Å²) in [6.45, 7) is 1.09. The van der Waals surface area contributed by atoms with Gasteiger partial charge in [-0.2, -0.15) is 13.2 Å². The Kier molecular flexibility index (Phi) is 4.13. The lowest BCUT2D eigenvalue weighted by Crippen LogP contribution is -2.27. The van der Waals surface area contributed by atoms with Crippen LogP contribution in [0.4, 0.5) is 13.2 Å². The second-order valence-corrected chi connectivity index (χ2v) is 4.45. The highest BCUT2D eigenvalue weighted by atomic mass is 19.4. The Bertz CT molecular complexity index is 532. The van der Waals surface area contributed by atoms with Gasteiger partial charge in [-0.1, -0.05) is 12.1 Å². The fraction of sp³-hybridized carbons (Fsp3) is 0.357. The number of hydrogen-bond acceptors (Lipinski definition) is 3. The molecular weight excluding hydrogens is 271 g/mol. The molecule has 108 valence electrons. The van der Waals surface area contributed by atoms with E-state index in [4.69, 9.17) is 4.74 Å². The largest absolute Gasteiger partial charge is 0.466 e. The summed E-state index contributed by atoms with van der Waals surface area (Å²) in [7, 11) is 1.29. The third-order valence-corrected chi connectivity index (χ3v) is 3.21. The van der Waals surface area contributed by atoms with Gasteiger partial charge in [0.05, 0.1) is 12.7 Å². The molecule has 0 amide bonds. The van der Waals surface area contributed by atoms with Gasteiger partial charge in [0.15, 0.2) is 0 Å². The average molecular weight is 285 g/mol. The Morgan fingerprint density at radius 2 is 1.90 bits per heavy atom. The molecular formula is C14H14F3NO2. The van der Waals surface area contributed by atoms with Crippen molar-refractivity contribution < 1.29 is 22.7 Å². The summed E-state index contributed by atoms with van der Waals surface area (Å²) in [4.78, 5) is 11.7. The van der Waals surface area contributed by atoms with Gasteiger partial charge in [-0.25, -0.2) is 4.79 Å². The molecule has 0 fully saturated rings. The highest BCUT2D eigenvalue weighted by Crippen LogP contribution is 2.31. The summed E-state index contributed by atoms with van der Waals surface area (Å²) >= 11 is 0. The van der Waals surface area contributed by atoms with Crippen LogP contribution in [0.15, 0.2) is 29.8 Å². The van der Waals surface area contributed by atoms with Crippen LogP contribution in [0.2, 0.25) is 0 Å². The molecule has 0 spiro atoms. The lowest BCUT2D eigenvalue weighted by molar-refractivity contribution is -0.138. The molecule has 1 N–H and O–H groups in total. The number of esters is 1. The minimum Gasteiger partial charge on any atom is -0.466 e. The van der Waals surface area contributed by atoms with E-state index in [1.54, 1.807) is 0 Å². The highest BCUT2D eigenvalue weighted by Gasteiger charge is 2.30. The molecule has 20 heavy (non-hydrogen) atoms. The molecule has 1 aromatic rings. The van der Waals surface area contributed by atoms with Gasteiger partial charge in [-0.3, -0.25) is 0 Å². The highest BCUT2D eigenvalue weighted by molar-refractivity contribution is 5.98. The topological polar surface area (TPSA) is 38.3 Å². The van der Waals surface area contributed by atoms with Crippen molar-refractivity contribution in [1.29, 1.82) is 0 Å². The Morgan fingerprint density at radius 3 is 2.45 bits per heavy atom. The van der Waals surface area contributed by atoms with Crippen LogP contribution in [0.5, 0.6) is 0 Å². The van der Waals surface area contributed by atoms with Crippen LogP contribution in [-0.4, -0.2) is 26.2 Å². The van der Waals surface area contributed by atoms with Crippen molar-refractivity contribution in [3.8, 4) is 0 Å². The van der Waals surface area contributed by atoms with Crippen molar-refractivity contribution in [2.24, 2.45) is 0 Å². The number of nitrogens with one attached hydrogen (secondary N) is 1. The monoisotopic (exact) mass is 285 g/mol. The first-order chi connectivity index (χ1) is 9.43. The van der Waals surface area contributed by atoms with Gasteiger partial charge < -0.3 is 10.1 Å². The van der Waals surface area contributed by atoms with E-state index in [2.05, 4.69) is 5.32 Å². The van der Waals surface area contributed by atoms with Gasteiger partial charge in [0.25, 0.3) is 0 Å². The third-order valence-electron chi connectivity index (χ3n) is 3.21. The number of hydrogen-bond donors (Lipinski definition) is 1. The van der Waals surface area contributed by atoms with E-state index >= 15 is 0 Å². The van der Waals surface area contributed by atoms with E-state index in [9.17, 15) is 18.0 Å². The molecule has 1 aliphatic rings. The van der Waals surface area contributed by atoms with Gasteiger partial charge in [0.1, 0.15) is 0 Å². The first-order valence-electron chi connectivity index (χ1n) is 6.12. The average Bonchev–Trinajstić information content (AvgIpc) is 2.45. The van der Waals surface area contributed by atoms with Crippen molar-refractivity contribution in [3.05, 3.63) is 41.0 Å². The van der Waals surface area contributed by atoms with E-state index in [-0.39, 0.29) is 0 Å². The molecule has 0 atom stereocenters. The van der Waals surface area contributed by atoms with Crippen LogP contribution < -0.4 is 5.32 Å². The lowest BCUT2D eigenvalue weighted by Gasteiger charge is -2.20. The molecule has 0 unspecified atom stereocenters. The summed E-state index contributed by atoms with van der Waals surface area (Å²) < 4.78 is 42.3. The van der Waals surface area contributed by atoms with Gasteiger partial charge in [-0.15, -0.1) is 0 Å². The predicted octanol–water partition coefficient (Wildman–Crippen LogP) is 2.63. The van der Waals surface area contributed by atoms with Crippen LogP contribution in [0.3, 0.4) is 0 Å². The van der Waals surface area contributed by atoms with Gasteiger partial charge >= 0.3 is 12.1 Å². The molecule has 2 rings (SSSR count).